The van der Waals surface area contributed by atoms with E-state index in [9.17, 15) is 4.79 Å². The normalized spacial score (nSPS) is 10.4. The Balaban J connectivity index is 1.74. The van der Waals surface area contributed by atoms with Gasteiger partial charge in [-0.1, -0.05) is 29.8 Å². The maximum Gasteiger partial charge on any atom is 0.274 e. The van der Waals surface area contributed by atoms with Crippen LogP contribution in [0.5, 0.6) is 0 Å². The third kappa shape index (κ3) is 3.98. The van der Waals surface area contributed by atoms with E-state index in [4.69, 9.17) is 11.6 Å². The minimum absolute atomic E-state index is 0.251. The fourth-order valence-corrected chi connectivity index (χ4v) is 2.70. The van der Waals surface area contributed by atoms with Crippen molar-refractivity contribution in [1.29, 1.82) is 0 Å². The number of para-hydroxylation sites is 1. The molecule has 0 radical (unpaired) electrons. The van der Waals surface area contributed by atoms with Gasteiger partial charge in [0.2, 0.25) is 0 Å². The Labute approximate surface area is 152 Å². The lowest BCUT2D eigenvalue weighted by Crippen LogP contribution is -2.15. The summed E-state index contributed by atoms with van der Waals surface area (Å²) < 4.78 is 0. The first-order valence-corrected chi connectivity index (χ1v) is 8.25. The minimum atomic E-state index is -0.251. The first-order valence-electron chi connectivity index (χ1n) is 7.87. The lowest BCUT2D eigenvalue weighted by Gasteiger charge is -2.19. The highest BCUT2D eigenvalue weighted by Crippen LogP contribution is 2.23. The fourth-order valence-electron chi connectivity index (χ4n) is 2.47. The molecule has 5 heteroatoms. The molecule has 1 amide bonds. The number of aryl methyl sites for hydroxylation is 1. The van der Waals surface area contributed by atoms with Crippen LogP contribution in [0.1, 0.15) is 16.1 Å². The summed E-state index contributed by atoms with van der Waals surface area (Å²) in [6, 6.07) is 18.9. The SMILES string of the molecule is Cc1cc(Cl)ccc1NC(=O)c1ccc(N(C)c2ccccc2)cn1. The van der Waals surface area contributed by atoms with Gasteiger partial charge in [-0.05, 0) is 55.0 Å². The summed E-state index contributed by atoms with van der Waals surface area (Å²) in [7, 11) is 1.96. The van der Waals surface area contributed by atoms with E-state index in [0.29, 0.717) is 10.7 Å². The van der Waals surface area contributed by atoms with Gasteiger partial charge < -0.3 is 10.2 Å². The van der Waals surface area contributed by atoms with E-state index in [1.54, 1.807) is 24.4 Å². The Kier molecular flexibility index (Phi) is 5.00. The van der Waals surface area contributed by atoms with Crippen LogP contribution in [0.3, 0.4) is 0 Å². The number of hydrogen-bond acceptors (Lipinski definition) is 3. The van der Waals surface area contributed by atoms with Crippen molar-refractivity contribution in [2.24, 2.45) is 0 Å². The molecule has 0 saturated heterocycles. The second kappa shape index (κ2) is 7.36. The fraction of sp³-hybridized carbons (Fsp3) is 0.100. The molecule has 126 valence electrons. The Hall–Kier alpha value is -2.85. The van der Waals surface area contributed by atoms with Gasteiger partial charge in [-0.25, -0.2) is 4.98 Å². The van der Waals surface area contributed by atoms with Crippen molar-refractivity contribution >= 4 is 34.6 Å². The standard InChI is InChI=1S/C20H18ClN3O/c1-14-12-15(21)8-10-18(14)23-20(25)19-11-9-17(13-22-19)24(2)16-6-4-3-5-7-16/h3-13H,1-2H3,(H,23,25). The zero-order chi connectivity index (χ0) is 17.8. The molecule has 0 aliphatic carbocycles. The molecule has 1 heterocycles. The monoisotopic (exact) mass is 351 g/mol. The number of carbonyl (C=O) groups excluding carboxylic acids is 1. The quantitative estimate of drug-likeness (QED) is 0.714. The molecule has 3 rings (SSSR count). The van der Waals surface area contributed by atoms with Crippen molar-refractivity contribution in [1.82, 2.24) is 4.98 Å². The van der Waals surface area contributed by atoms with E-state index in [-0.39, 0.29) is 5.91 Å². The van der Waals surface area contributed by atoms with Crippen molar-refractivity contribution in [3.05, 3.63) is 83.1 Å². The molecule has 25 heavy (non-hydrogen) atoms. The van der Waals surface area contributed by atoms with Crippen LogP contribution in [-0.4, -0.2) is 17.9 Å². The van der Waals surface area contributed by atoms with Crippen molar-refractivity contribution < 1.29 is 4.79 Å². The average Bonchev–Trinajstić information content (AvgIpc) is 2.64. The summed E-state index contributed by atoms with van der Waals surface area (Å²) in [5.74, 6) is -0.251. The van der Waals surface area contributed by atoms with Gasteiger partial charge in [0, 0.05) is 23.4 Å². The molecule has 0 atom stereocenters. The van der Waals surface area contributed by atoms with Crippen molar-refractivity contribution in [3.63, 3.8) is 0 Å². The Bertz CT molecular complexity index is 879. The first kappa shape index (κ1) is 17.0. The maximum absolute atomic E-state index is 12.4. The molecule has 4 nitrogen and oxygen atoms in total. The second-order valence-corrected chi connectivity index (χ2v) is 6.15. The topological polar surface area (TPSA) is 45.2 Å². The number of hydrogen-bond donors (Lipinski definition) is 1. The number of halogens is 1. The van der Waals surface area contributed by atoms with Crippen LogP contribution in [0.25, 0.3) is 0 Å². The summed E-state index contributed by atoms with van der Waals surface area (Å²) in [6.45, 7) is 1.90. The minimum Gasteiger partial charge on any atom is -0.343 e. The summed E-state index contributed by atoms with van der Waals surface area (Å²) in [4.78, 5) is 18.7. The zero-order valence-electron chi connectivity index (χ0n) is 14.0. The van der Waals surface area contributed by atoms with Crippen LogP contribution in [0.15, 0.2) is 66.9 Å². The van der Waals surface area contributed by atoms with E-state index in [0.717, 1.165) is 22.6 Å². The molecule has 0 spiro atoms. The summed E-state index contributed by atoms with van der Waals surface area (Å²) >= 11 is 5.94. The highest BCUT2D eigenvalue weighted by molar-refractivity contribution is 6.30. The molecule has 2 aromatic carbocycles. The van der Waals surface area contributed by atoms with Gasteiger partial charge in [-0.3, -0.25) is 4.79 Å². The number of rotatable bonds is 4. The van der Waals surface area contributed by atoms with Gasteiger partial charge in [0.15, 0.2) is 0 Å². The number of aromatic nitrogens is 1. The van der Waals surface area contributed by atoms with Crippen LogP contribution >= 0.6 is 11.6 Å². The average molecular weight is 352 g/mol. The predicted molar refractivity (Wildman–Crippen MR) is 103 cm³/mol. The highest BCUT2D eigenvalue weighted by Gasteiger charge is 2.11. The number of anilines is 3. The lowest BCUT2D eigenvalue weighted by atomic mass is 10.2. The molecular formula is C20H18ClN3O. The largest absolute Gasteiger partial charge is 0.343 e. The number of amides is 1. The van der Waals surface area contributed by atoms with E-state index in [1.807, 2.05) is 61.3 Å². The van der Waals surface area contributed by atoms with Crippen LogP contribution in [0, 0.1) is 6.92 Å². The third-order valence-corrected chi connectivity index (χ3v) is 4.18. The van der Waals surface area contributed by atoms with E-state index in [1.165, 1.54) is 0 Å². The third-order valence-electron chi connectivity index (χ3n) is 3.95. The van der Waals surface area contributed by atoms with E-state index >= 15 is 0 Å². The van der Waals surface area contributed by atoms with Gasteiger partial charge in [0.25, 0.3) is 5.91 Å². The summed E-state index contributed by atoms with van der Waals surface area (Å²) in [6.07, 6.45) is 1.69. The number of carbonyl (C=O) groups is 1. The molecule has 0 unspecified atom stereocenters. The Morgan fingerprint density at radius 2 is 1.80 bits per heavy atom. The predicted octanol–water partition coefficient (Wildman–Crippen LogP) is 5.06. The van der Waals surface area contributed by atoms with Crippen molar-refractivity contribution in [3.8, 4) is 0 Å². The Morgan fingerprint density at radius 3 is 2.44 bits per heavy atom. The zero-order valence-corrected chi connectivity index (χ0v) is 14.8. The van der Waals surface area contributed by atoms with Gasteiger partial charge in [0.05, 0.1) is 11.9 Å². The first-order chi connectivity index (χ1) is 12.0. The Morgan fingerprint density at radius 1 is 1.04 bits per heavy atom. The van der Waals surface area contributed by atoms with E-state index < -0.39 is 0 Å². The van der Waals surface area contributed by atoms with Gasteiger partial charge in [-0.2, -0.15) is 0 Å². The van der Waals surface area contributed by atoms with Crippen molar-refractivity contribution in [2.75, 3.05) is 17.3 Å². The number of benzene rings is 2. The number of pyridine rings is 1. The van der Waals surface area contributed by atoms with Crippen LogP contribution in [0.4, 0.5) is 17.1 Å². The summed E-state index contributed by atoms with van der Waals surface area (Å²) in [5.41, 5.74) is 3.95. The van der Waals surface area contributed by atoms with Crippen LogP contribution in [-0.2, 0) is 0 Å². The molecule has 1 N–H and O–H groups in total. The number of nitrogens with one attached hydrogen (secondary N) is 1. The molecule has 0 bridgehead atoms. The molecule has 1 aromatic heterocycles. The molecule has 0 aliphatic heterocycles. The lowest BCUT2D eigenvalue weighted by molar-refractivity contribution is 0.102. The molecule has 0 fully saturated rings. The smallest absolute Gasteiger partial charge is 0.274 e. The number of nitrogens with zero attached hydrogens (tertiary/aromatic N) is 2. The molecule has 0 saturated carbocycles. The highest BCUT2D eigenvalue weighted by atomic mass is 35.5. The molecular weight excluding hydrogens is 334 g/mol. The van der Waals surface area contributed by atoms with Crippen molar-refractivity contribution in [2.45, 2.75) is 6.92 Å². The van der Waals surface area contributed by atoms with E-state index in [2.05, 4.69) is 10.3 Å². The molecule has 3 aromatic rings. The van der Waals surface area contributed by atoms with Gasteiger partial charge in [-0.15, -0.1) is 0 Å². The maximum atomic E-state index is 12.4. The van der Waals surface area contributed by atoms with Gasteiger partial charge >= 0.3 is 0 Å². The molecule has 0 aliphatic rings. The van der Waals surface area contributed by atoms with Crippen LogP contribution in [0.2, 0.25) is 5.02 Å². The van der Waals surface area contributed by atoms with Crippen LogP contribution < -0.4 is 10.2 Å². The second-order valence-electron chi connectivity index (χ2n) is 5.71. The summed E-state index contributed by atoms with van der Waals surface area (Å²) in [5, 5.41) is 3.50. The van der Waals surface area contributed by atoms with Gasteiger partial charge in [0.1, 0.15) is 5.69 Å².